The number of carbonyl (C=O) groups excluding carboxylic acids is 2. The zero-order valence-corrected chi connectivity index (χ0v) is 35.6. The van der Waals surface area contributed by atoms with E-state index in [2.05, 4.69) is 56.4 Å². The maximum atomic E-state index is 12.6. The smallest absolute Gasteiger partial charge is 0.462 e. The zero-order chi connectivity index (χ0) is 42.1. The largest absolute Gasteiger partial charge is 0.472 e. The van der Waals surface area contributed by atoms with Crippen LogP contribution >= 0.6 is 7.82 Å². The number of allylic oxidation sites excluding steroid dienone is 13. The molecule has 4 atom stereocenters. The highest BCUT2D eigenvalue weighted by molar-refractivity contribution is 7.47. The van der Waals surface area contributed by atoms with Gasteiger partial charge in [-0.05, 0) is 77.0 Å². The summed E-state index contributed by atoms with van der Waals surface area (Å²) in [5.41, 5.74) is 5.32. The van der Waals surface area contributed by atoms with Crippen LogP contribution in [0.2, 0.25) is 0 Å². The molecule has 11 nitrogen and oxygen atoms in total. The molecule has 5 N–H and O–H groups in total. The number of phosphoric acid groups is 1. The van der Waals surface area contributed by atoms with Gasteiger partial charge in [-0.3, -0.25) is 18.6 Å². The van der Waals surface area contributed by atoms with E-state index >= 15 is 0 Å². The third kappa shape index (κ3) is 39.5. The fraction of sp³-hybridized carbons (Fsp3) is 0.600. The molecule has 57 heavy (non-hydrogen) atoms. The lowest BCUT2D eigenvalue weighted by Gasteiger charge is -2.20. The highest BCUT2D eigenvalue weighted by Gasteiger charge is 2.26. The Balaban J connectivity index is 4.56. The van der Waals surface area contributed by atoms with Gasteiger partial charge in [-0.25, -0.2) is 4.57 Å². The van der Waals surface area contributed by atoms with Gasteiger partial charge in [-0.1, -0.05) is 137 Å². The van der Waals surface area contributed by atoms with Crippen LogP contribution in [0.5, 0.6) is 0 Å². The summed E-state index contributed by atoms with van der Waals surface area (Å²) in [5.74, 6) is -1.15. The van der Waals surface area contributed by atoms with Gasteiger partial charge in [0.15, 0.2) is 6.10 Å². The van der Waals surface area contributed by atoms with E-state index in [0.29, 0.717) is 25.7 Å². The van der Waals surface area contributed by atoms with Crippen LogP contribution in [-0.4, -0.2) is 71.7 Å². The fourth-order valence-electron chi connectivity index (χ4n) is 4.94. The Morgan fingerprint density at radius 2 is 1.16 bits per heavy atom. The third-order valence-electron chi connectivity index (χ3n) is 8.13. The number of hydrogen-bond acceptors (Lipinski definition) is 10. The SMILES string of the molecule is CCCCC/C=C\C/C=C\C/C=C\C/C=C\CCCC(=O)OC[C@H](COP(=O)(O)OCCN)OC(=O)CCC[C@@H](O)\C=C/C=C/C=C/[C@@H](O)C/C=C\CCCCC. The molecule has 0 saturated heterocycles. The molecule has 0 aromatic rings. The maximum Gasteiger partial charge on any atom is 0.472 e. The highest BCUT2D eigenvalue weighted by Crippen LogP contribution is 2.43. The molecule has 0 heterocycles. The first-order valence-corrected chi connectivity index (χ1v) is 22.4. The number of esters is 2. The Bertz CT molecular complexity index is 1290. The Hall–Kier alpha value is -3.15. The molecule has 0 spiro atoms. The van der Waals surface area contributed by atoms with E-state index in [9.17, 15) is 29.3 Å². The maximum absolute atomic E-state index is 12.6. The summed E-state index contributed by atoms with van der Waals surface area (Å²) in [6.07, 6.45) is 43.6. The molecular formula is C45H74NO10P. The Morgan fingerprint density at radius 1 is 0.632 bits per heavy atom. The second-order valence-corrected chi connectivity index (χ2v) is 15.0. The number of aliphatic hydroxyl groups is 2. The van der Waals surface area contributed by atoms with E-state index in [0.717, 1.165) is 38.5 Å². The van der Waals surface area contributed by atoms with Gasteiger partial charge in [0, 0.05) is 19.4 Å². The Labute approximate surface area is 343 Å². The second kappa shape index (κ2) is 39.7. The predicted octanol–water partition coefficient (Wildman–Crippen LogP) is 9.77. The van der Waals surface area contributed by atoms with Gasteiger partial charge in [-0.15, -0.1) is 0 Å². The van der Waals surface area contributed by atoms with Crippen molar-refractivity contribution < 1.29 is 47.8 Å². The van der Waals surface area contributed by atoms with Gasteiger partial charge in [-0.2, -0.15) is 0 Å². The van der Waals surface area contributed by atoms with Crippen LogP contribution in [0.3, 0.4) is 0 Å². The minimum absolute atomic E-state index is 0.000863. The van der Waals surface area contributed by atoms with Gasteiger partial charge in [0.05, 0.1) is 25.4 Å². The van der Waals surface area contributed by atoms with Crippen molar-refractivity contribution in [3.05, 3.63) is 97.2 Å². The fourth-order valence-corrected chi connectivity index (χ4v) is 5.70. The average Bonchev–Trinajstić information content (AvgIpc) is 3.19. The minimum Gasteiger partial charge on any atom is -0.462 e. The lowest BCUT2D eigenvalue weighted by molar-refractivity contribution is -0.161. The number of carbonyl (C=O) groups is 2. The number of unbranched alkanes of at least 4 members (excludes halogenated alkanes) is 7. The Morgan fingerprint density at radius 3 is 1.74 bits per heavy atom. The summed E-state index contributed by atoms with van der Waals surface area (Å²) in [4.78, 5) is 34.8. The molecule has 0 aromatic heterocycles. The first-order valence-electron chi connectivity index (χ1n) is 20.9. The predicted molar refractivity (Wildman–Crippen MR) is 231 cm³/mol. The highest BCUT2D eigenvalue weighted by atomic mass is 31.2. The molecule has 0 bridgehead atoms. The molecule has 324 valence electrons. The first kappa shape index (κ1) is 53.9. The van der Waals surface area contributed by atoms with Crippen molar-refractivity contribution in [2.45, 2.75) is 148 Å². The first-order chi connectivity index (χ1) is 27.6. The summed E-state index contributed by atoms with van der Waals surface area (Å²) >= 11 is 0. The van der Waals surface area contributed by atoms with E-state index in [1.807, 2.05) is 18.2 Å². The van der Waals surface area contributed by atoms with Crippen LogP contribution in [0.25, 0.3) is 0 Å². The Kier molecular flexibility index (Phi) is 37.5. The molecule has 0 aliphatic rings. The third-order valence-corrected chi connectivity index (χ3v) is 9.12. The molecule has 0 saturated carbocycles. The molecule has 0 fully saturated rings. The van der Waals surface area contributed by atoms with Gasteiger partial charge in [0.25, 0.3) is 0 Å². The molecule has 0 aliphatic heterocycles. The van der Waals surface area contributed by atoms with Crippen LogP contribution in [0.1, 0.15) is 129 Å². The van der Waals surface area contributed by atoms with E-state index in [-0.39, 0.29) is 39.0 Å². The molecule has 1 unspecified atom stereocenters. The van der Waals surface area contributed by atoms with Crippen LogP contribution in [0.4, 0.5) is 0 Å². The van der Waals surface area contributed by atoms with Gasteiger partial charge in [0.2, 0.25) is 0 Å². The lowest BCUT2D eigenvalue weighted by Crippen LogP contribution is -2.29. The molecule has 12 heteroatoms. The molecule has 0 aromatic carbocycles. The van der Waals surface area contributed by atoms with Crippen LogP contribution < -0.4 is 5.73 Å². The van der Waals surface area contributed by atoms with Crippen molar-refractivity contribution >= 4 is 19.8 Å². The number of aliphatic hydroxyl groups excluding tert-OH is 2. The summed E-state index contributed by atoms with van der Waals surface area (Å²) in [5, 5.41) is 20.3. The topological polar surface area (TPSA) is 175 Å². The van der Waals surface area contributed by atoms with Crippen molar-refractivity contribution in [1.82, 2.24) is 0 Å². The minimum atomic E-state index is -4.46. The number of rotatable bonds is 37. The quantitative estimate of drug-likeness (QED) is 0.0154. The molecular weight excluding hydrogens is 745 g/mol. The van der Waals surface area contributed by atoms with Gasteiger partial charge < -0.3 is 30.3 Å². The van der Waals surface area contributed by atoms with Crippen LogP contribution in [-0.2, 0) is 32.7 Å². The standard InChI is InChI=1S/C45H74NO10P/c1-3-5-7-9-11-12-13-14-15-16-17-18-19-20-21-23-29-35-44(49)53-39-43(40-55-57(51,52)54-38-37-46)56-45(50)36-30-34-42(48)33-28-25-24-27-32-41(47)31-26-22-10-8-6-4-2/h11-12,14-15,17-18,20-22,24-28,32-33,41-43,47-48H,3-10,13,16,19,23,29-31,34-40,46H2,1-2H3,(H,51,52)/b12-11-,15-14-,18-17-,21-20-,25-24+,26-22-,32-27+,33-28-/t41-,42-,43+/m0/s1. The molecule has 0 radical (unpaired) electrons. The van der Waals surface area contributed by atoms with Crippen molar-refractivity contribution in [2.75, 3.05) is 26.4 Å². The van der Waals surface area contributed by atoms with Crippen molar-refractivity contribution in [3.8, 4) is 0 Å². The monoisotopic (exact) mass is 820 g/mol. The average molecular weight is 820 g/mol. The van der Waals surface area contributed by atoms with E-state index in [1.54, 1.807) is 36.5 Å². The number of ether oxygens (including phenoxy) is 2. The van der Waals surface area contributed by atoms with E-state index in [1.165, 1.54) is 32.1 Å². The second-order valence-electron chi connectivity index (χ2n) is 13.5. The number of phosphoric ester groups is 1. The molecule has 0 aliphatic carbocycles. The summed E-state index contributed by atoms with van der Waals surface area (Å²) in [6, 6.07) is 0. The van der Waals surface area contributed by atoms with E-state index in [4.69, 9.17) is 24.3 Å². The zero-order valence-electron chi connectivity index (χ0n) is 34.7. The number of nitrogens with two attached hydrogens (primary N) is 1. The van der Waals surface area contributed by atoms with Crippen LogP contribution in [0, 0.1) is 0 Å². The van der Waals surface area contributed by atoms with Crippen LogP contribution in [0.15, 0.2) is 97.2 Å². The van der Waals surface area contributed by atoms with Crippen molar-refractivity contribution in [1.29, 1.82) is 0 Å². The number of hydrogen-bond donors (Lipinski definition) is 4. The van der Waals surface area contributed by atoms with Crippen molar-refractivity contribution in [3.63, 3.8) is 0 Å². The summed E-state index contributed by atoms with van der Waals surface area (Å²) < 4.78 is 32.5. The van der Waals surface area contributed by atoms with E-state index < -0.39 is 44.7 Å². The molecule has 0 rings (SSSR count). The summed E-state index contributed by atoms with van der Waals surface area (Å²) in [6.45, 7) is 3.26. The molecule has 0 amide bonds. The van der Waals surface area contributed by atoms with Gasteiger partial charge >= 0.3 is 19.8 Å². The summed E-state index contributed by atoms with van der Waals surface area (Å²) in [7, 11) is -4.46. The van der Waals surface area contributed by atoms with Crippen molar-refractivity contribution in [2.24, 2.45) is 5.73 Å². The van der Waals surface area contributed by atoms with Gasteiger partial charge in [0.1, 0.15) is 6.61 Å². The normalized spacial score (nSPS) is 15.4. The lowest BCUT2D eigenvalue weighted by atomic mass is 10.1.